The van der Waals surface area contributed by atoms with E-state index in [0.29, 0.717) is 31.4 Å². The molecule has 0 bridgehead atoms. The molecule has 2 fully saturated rings. The Kier molecular flexibility index (Phi) is 8.31. The molecule has 1 heterocycles. The van der Waals surface area contributed by atoms with Crippen molar-refractivity contribution in [2.75, 3.05) is 45.9 Å². The van der Waals surface area contributed by atoms with E-state index in [4.69, 9.17) is 4.74 Å². The number of Topliss-reactive ketones (excluding diaryl/α,β-unsaturated/α-hetero) is 1. The van der Waals surface area contributed by atoms with Crippen LogP contribution < -0.4 is 4.74 Å². The van der Waals surface area contributed by atoms with Crippen LogP contribution in [0.25, 0.3) is 0 Å². The van der Waals surface area contributed by atoms with Crippen molar-refractivity contribution < 1.29 is 14.6 Å². The normalized spacial score (nSPS) is 20.8. The Morgan fingerprint density at radius 3 is 2.39 bits per heavy atom. The molecule has 1 saturated heterocycles. The lowest BCUT2D eigenvalue weighted by Crippen LogP contribution is -2.50. The van der Waals surface area contributed by atoms with Gasteiger partial charge in [0.2, 0.25) is 0 Å². The van der Waals surface area contributed by atoms with Gasteiger partial charge in [0.15, 0.2) is 0 Å². The number of hydrogen-bond acceptors (Lipinski definition) is 5. The van der Waals surface area contributed by atoms with Crippen LogP contribution in [0.4, 0.5) is 0 Å². The second kappa shape index (κ2) is 10.9. The number of piperazine rings is 1. The molecule has 0 radical (unpaired) electrons. The molecule has 1 aliphatic carbocycles. The van der Waals surface area contributed by atoms with Crippen LogP contribution in [0.1, 0.15) is 44.1 Å². The van der Waals surface area contributed by atoms with Gasteiger partial charge in [-0.3, -0.25) is 14.6 Å². The zero-order valence-electron chi connectivity index (χ0n) is 17.3. The Bertz CT molecular complexity index is 590. The van der Waals surface area contributed by atoms with E-state index >= 15 is 0 Å². The molecule has 28 heavy (non-hydrogen) atoms. The minimum atomic E-state index is -0.499. The molecule has 1 aromatic rings. The second-order valence-corrected chi connectivity index (χ2v) is 8.60. The number of benzene rings is 1. The molecule has 5 nitrogen and oxygen atoms in total. The Morgan fingerprint density at radius 1 is 1.07 bits per heavy atom. The fourth-order valence-corrected chi connectivity index (χ4v) is 4.33. The van der Waals surface area contributed by atoms with Gasteiger partial charge in [-0.05, 0) is 25.0 Å². The van der Waals surface area contributed by atoms with Crippen molar-refractivity contribution >= 4 is 5.78 Å². The minimum Gasteiger partial charge on any atom is -0.491 e. The summed E-state index contributed by atoms with van der Waals surface area (Å²) in [5, 5.41) is 10.3. The molecule has 0 amide bonds. The van der Waals surface area contributed by atoms with E-state index in [1.165, 1.54) is 37.7 Å². The Labute approximate surface area is 169 Å². The standard InChI is InChI=1S/C23H36N2O3/c1-19-7-9-23(10-8-19)28-18-22(27)17-25-13-11-24(12-14-25)16-21(26)15-20-5-3-2-4-6-20/h7-10,20,22,27H,2-6,11-18H2,1H3/t22-/m0/s1. The summed E-state index contributed by atoms with van der Waals surface area (Å²) in [5.74, 6) is 1.84. The van der Waals surface area contributed by atoms with Gasteiger partial charge in [-0.15, -0.1) is 0 Å². The first-order valence-corrected chi connectivity index (χ1v) is 10.9. The molecule has 3 rings (SSSR count). The summed E-state index contributed by atoms with van der Waals surface area (Å²) in [6, 6.07) is 7.89. The van der Waals surface area contributed by atoms with Crippen LogP contribution in [-0.2, 0) is 4.79 Å². The van der Waals surface area contributed by atoms with Crippen molar-refractivity contribution in [3.05, 3.63) is 29.8 Å². The van der Waals surface area contributed by atoms with Gasteiger partial charge in [0.05, 0.1) is 6.54 Å². The number of ether oxygens (including phenoxy) is 1. The van der Waals surface area contributed by atoms with E-state index in [-0.39, 0.29) is 0 Å². The smallest absolute Gasteiger partial charge is 0.147 e. The zero-order chi connectivity index (χ0) is 19.8. The monoisotopic (exact) mass is 388 g/mol. The van der Waals surface area contributed by atoms with Crippen molar-refractivity contribution in [1.82, 2.24) is 9.80 Å². The van der Waals surface area contributed by atoms with Crippen LogP contribution in [0.3, 0.4) is 0 Å². The molecule has 156 valence electrons. The van der Waals surface area contributed by atoms with E-state index in [1.54, 1.807) is 0 Å². The van der Waals surface area contributed by atoms with E-state index in [0.717, 1.165) is 38.3 Å². The number of aliphatic hydroxyl groups excluding tert-OH is 1. The first-order valence-electron chi connectivity index (χ1n) is 10.9. The molecule has 1 aliphatic heterocycles. The van der Waals surface area contributed by atoms with Gasteiger partial charge in [-0.1, -0.05) is 49.8 Å². The third kappa shape index (κ3) is 7.19. The number of carbonyl (C=O) groups is 1. The maximum Gasteiger partial charge on any atom is 0.147 e. The summed E-state index contributed by atoms with van der Waals surface area (Å²) in [6.45, 7) is 7.19. The summed E-state index contributed by atoms with van der Waals surface area (Å²) >= 11 is 0. The quantitative estimate of drug-likeness (QED) is 0.705. The lowest BCUT2D eigenvalue weighted by Gasteiger charge is -2.35. The van der Waals surface area contributed by atoms with Gasteiger partial charge < -0.3 is 9.84 Å². The average molecular weight is 389 g/mol. The molecule has 2 aliphatic rings. The van der Waals surface area contributed by atoms with Gasteiger partial charge >= 0.3 is 0 Å². The summed E-state index contributed by atoms with van der Waals surface area (Å²) in [7, 11) is 0. The first-order chi connectivity index (χ1) is 13.6. The molecule has 0 unspecified atom stereocenters. The van der Waals surface area contributed by atoms with Gasteiger partial charge in [0.25, 0.3) is 0 Å². The minimum absolute atomic E-state index is 0.309. The number of nitrogens with zero attached hydrogens (tertiary/aromatic N) is 2. The number of carbonyl (C=O) groups excluding carboxylic acids is 1. The molecule has 0 aromatic heterocycles. The number of β-amino-alcohol motifs (C(OH)–C–C–N with tert-alkyl or cyclic N) is 1. The topological polar surface area (TPSA) is 53.0 Å². The van der Waals surface area contributed by atoms with Crippen LogP contribution in [0.15, 0.2) is 24.3 Å². The maximum atomic E-state index is 12.4. The predicted octanol–water partition coefficient (Wildman–Crippen LogP) is 2.89. The number of rotatable bonds is 9. The number of aliphatic hydroxyl groups is 1. The van der Waals surface area contributed by atoms with E-state index < -0.39 is 6.10 Å². The summed E-state index contributed by atoms with van der Waals surface area (Å²) in [5.41, 5.74) is 1.20. The highest BCUT2D eigenvalue weighted by Crippen LogP contribution is 2.26. The van der Waals surface area contributed by atoms with Gasteiger partial charge in [0.1, 0.15) is 24.2 Å². The van der Waals surface area contributed by atoms with Crippen molar-refractivity contribution in [1.29, 1.82) is 0 Å². The molecule has 1 atom stereocenters. The summed E-state index contributed by atoms with van der Waals surface area (Å²) in [6.07, 6.45) is 6.69. The summed E-state index contributed by atoms with van der Waals surface area (Å²) in [4.78, 5) is 16.9. The molecule has 1 saturated carbocycles. The molecule has 5 heteroatoms. The van der Waals surface area contributed by atoms with Gasteiger partial charge in [-0.25, -0.2) is 0 Å². The number of aryl methyl sites for hydroxylation is 1. The van der Waals surface area contributed by atoms with E-state index in [9.17, 15) is 9.90 Å². The van der Waals surface area contributed by atoms with Crippen LogP contribution in [-0.4, -0.2) is 72.7 Å². The predicted molar refractivity (Wildman–Crippen MR) is 112 cm³/mol. The lowest BCUT2D eigenvalue weighted by atomic mass is 9.86. The SMILES string of the molecule is Cc1ccc(OC[C@@H](O)CN2CCN(CC(=O)CC3CCCCC3)CC2)cc1. The van der Waals surface area contributed by atoms with E-state index in [2.05, 4.69) is 9.80 Å². The lowest BCUT2D eigenvalue weighted by molar-refractivity contribution is -0.121. The van der Waals surface area contributed by atoms with Crippen molar-refractivity contribution in [2.24, 2.45) is 5.92 Å². The van der Waals surface area contributed by atoms with Crippen molar-refractivity contribution in [2.45, 2.75) is 51.6 Å². The zero-order valence-corrected chi connectivity index (χ0v) is 17.3. The molecule has 0 spiro atoms. The van der Waals surface area contributed by atoms with Crippen molar-refractivity contribution in [3.63, 3.8) is 0 Å². The fraction of sp³-hybridized carbons (Fsp3) is 0.696. The largest absolute Gasteiger partial charge is 0.491 e. The number of ketones is 1. The third-order valence-electron chi connectivity index (χ3n) is 6.04. The second-order valence-electron chi connectivity index (χ2n) is 8.60. The maximum absolute atomic E-state index is 12.4. The Morgan fingerprint density at radius 2 is 1.71 bits per heavy atom. The molecular formula is C23H36N2O3. The van der Waals surface area contributed by atoms with Crippen LogP contribution >= 0.6 is 0 Å². The highest BCUT2D eigenvalue weighted by atomic mass is 16.5. The van der Waals surface area contributed by atoms with E-state index in [1.807, 2.05) is 31.2 Å². The third-order valence-corrected chi connectivity index (χ3v) is 6.04. The molecular weight excluding hydrogens is 352 g/mol. The Hall–Kier alpha value is -1.43. The van der Waals surface area contributed by atoms with Gasteiger partial charge in [0, 0.05) is 39.1 Å². The fourth-order valence-electron chi connectivity index (χ4n) is 4.33. The molecule has 1 aromatic carbocycles. The summed E-state index contributed by atoms with van der Waals surface area (Å²) < 4.78 is 5.68. The first kappa shape index (κ1) is 21.3. The molecule has 1 N–H and O–H groups in total. The van der Waals surface area contributed by atoms with Gasteiger partial charge in [-0.2, -0.15) is 0 Å². The van der Waals surface area contributed by atoms with Crippen LogP contribution in [0.5, 0.6) is 5.75 Å². The van der Waals surface area contributed by atoms with Crippen LogP contribution in [0, 0.1) is 12.8 Å². The highest BCUT2D eigenvalue weighted by Gasteiger charge is 2.23. The highest BCUT2D eigenvalue weighted by molar-refractivity contribution is 5.80. The van der Waals surface area contributed by atoms with Crippen LogP contribution in [0.2, 0.25) is 0 Å². The Balaban J connectivity index is 1.30. The van der Waals surface area contributed by atoms with Crippen molar-refractivity contribution in [3.8, 4) is 5.75 Å². The average Bonchev–Trinajstić information content (AvgIpc) is 2.70. The number of hydrogen-bond donors (Lipinski definition) is 1.